The molecule has 0 saturated carbocycles. The average molecular weight is 309 g/mol. The molecule has 0 atom stereocenters. The molecule has 0 amide bonds. The van der Waals surface area contributed by atoms with Gasteiger partial charge in [0.05, 0.1) is 10.9 Å². The van der Waals surface area contributed by atoms with E-state index in [0.717, 1.165) is 35.4 Å². The Balaban J connectivity index is 1.94. The smallest absolute Gasteiger partial charge is 0.281 e. The zero-order valence-corrected chi connectivity index (χ0v) is 12.5. The predicted molar refractivity (Wildman–Crippen MR) is 89.9 cm³/mol. The Hall–Kier alpha value is -2.39. The molecular formula is C18H13ClN2O. The van der Waals surface area contributed by atoms with Crippen molar-refractivity contribution in [3.05, 3.63) is 75.3 Å². The zero-order chi connectivity index (χ0) is 15.1. The molecule has 0 N–H and O–H groups in total. The van der Waals surface area contributed by atoms with Crippen molar-refractivity contribution in [1.29, 1.82) is 0 Å². The highest BCUT2D eigenvalue weighted by Gasteiger charge is 2.20. The maximum Gasteiger partial charge on any atom is 0.281 e. The molecule has 1 aliphatic rings. The Morgan fingerprint density at radius 1 is 1.09 bits per heavy atom. The maximum atomic E-state index is 12.2. The molecule has 0 unspecified atom stereocenters. The summed E-state index contributed by atoms with van der Waals surface area (Å²) in [5.74, 6) is 0.753. The number of halogens is 1. The van der Waals surface area contributed by atoms with Gasteiger partial charge in [0.1, 0.15) is 5.82 Å². The lowest BCUT2D eigenvalue weighted by Gasteiger charge is -2.07. The van der Waals surface area contributed by atoms with E-state index < -0.39 is 0 Å². The summed E-state index contributed by atoms with van der Waals surface area (Å²) in [6.45, 7) is 0.833. The van der Waals surface area contributed by atoms with Crippen LogP contribution in [0.15, 0.2) is 53.3 Å². The maximum absolute atomic E-state index is 12.2. The van der Waals surface area contributed by atoms with E-state index in [4.69, 9.17) is 11.6 Å². The molecule has 0 saturated heterocycles. The van der Waals surface area contributed by atoms with Crippen LogP contribution in [0.2, 0.25) is 5.02 Å². The van der Waals surface area contributed by atoms with Crippen molar-refractivity contribution in [1.82, 2.24) is 9.55 Å². The number of benzene rings is 2. The number of rotatable bonds is 1. The number of hydrogen-bond donors (Lipinski definition) is 0. The number of hydrogen-bond acceptors (Lipinski definition) is 2. The van der Waals surface area contributed by atoms with Gasteiger partial charge in [0.2, 0.25) is 0 Å². The summed E-state index contributed by atoms with van der Waals surface area (Å²) in [6.07, 6.45) is 2.88. The third-order valence-electron chi connectivity index (χ3n) is 4.02. The lowest BCUT2D eigenvalue weighted by atomic mass is 10.1. The van der Waals surface area contributed by atoms with Gasteiger partial charge in [0.25, 0.3) is 5.56 Å². The minimum atomic E-state index is -0.172. The Bertz CT molecular complexity index is 972. The molecule has 0 aliphatic carbocycles. The third kappa shape index (κ3) is 2.06. The van der Waals surface area contributed by atoms with Crippen molar-refractivity contribution < 1.29 is 0 Å². The highest BCUT2D eigenvalue weighted by atomic mass is 35.5. The first-order chi connectivity index (χ1) is 10.7. The van der Waals surface area contributed by atoms with E-state index in [9.17, 15) is 4.79 Å². The minimum Gasteiger partial charge on any atom is -0.325 e. The summed E-state index contributed by atoms with van der Waals surface area (Å²) in [7, 11) is 0. The van der Waals surface area contributed by atoms with Gasteiger partial charge in [-0.2, -0.15) is 4.98 Å². The Morgan fingerprint density at radius 2 is 1.86 bits per heavy atom. The fourth-order valence-corrected chi connectivity index (χ4v) is 3.14. The normalized spacial score (nSPS) is 15.4. The van der Waals surface area contributed by atoms with Crippen LogP contribution < -0.4 is 5.56 Å². The monoisotopic (exact) mass is 308 g/mol. The Kier molecular flexibility index (Phi) is 3.09. The molecule has 0 spiro atoms. The quantitative estimate of drug-likeness (QED) is 0.681. The van der Waals surface area contributed by atoms with Crippen molar-refractivity contribution >= 4 is 34.2 Å². The van der Waals surface area contributed by atoms with Crippen molar-refractivity contribution in [2.45, 2.75) is 13.0 Å². The van der Waals surface area contributed by atoms with Crippen molar-refractivity contribution in [3.63, 3.8) is 0 Å². The number of aryl methyl sites for hydroxylation is 1. The zero-order valence-electron chi connectivity index (χ0n) is 11.8. The minimum absolute atomic E-state index is 0.172. The van der Waals surface area contributed by atoms with Crippen LogP contribution in [0, 0.1) is 0 Å². The number of aromatic nitrogens is 2. The Labute approximate surface area is 132 Å². The van der Waals surface area contributed by atoms with E-state index >= 15 is 0 Å². The molecule has 3 nitrogen and oxygen atoms in total. The van der Waals surface area contributed by atoms with Gasteiger partial charge in [0, 0.05) is 11.6 Å². The van der Waals surface area contributed by atoms with Crippen molar-refractivity contribution in [2.75, 3.05) is 0 Å². The summed E-state index contributed by atoms with van der Waals surface area (Å²) >= 11 is 6.22. The van der Waals surface area contributed by atoms with E-state index in [-0.39, 0.29) is 5.56 Å². The Morgan fingerprint density at radius 3 is 2.73 bits per heavy atom. The summed E-state index contributed by atoms with van der Waals surface area (Å²) in [5, 5.41) is 1.38. The molecule has 3 aromatic rings. The molecule has 1 aliphatic heterocycles. The molecule has 1 aromatic heterocycles. The standard InChI is InChI=1S/C18H13ClN2O/c19-15-7-3-1-5-12(15)11-13-9-10-21-16-8-4-2-6-14(16)18(22)20-17(13)21/h1-8,11H,9-10H2/b13-11-. The van der Waals surface area contributed by atoms with E-state index in [1.54, 1.807) is 0 Å². The highest BCUT2D eigenvalue weighted by molar-refractivity contribution is 6.32. The van der Waals surface area contributed by atoms with E-state index in [1.165, 1.54) is 0 Å². The van der Waals surface area contributed by atoms with Crippen LogP contribution in [-0.4, -0.2) is 9.55 Å². The molecule has 4 rings (SSSR count). The van der Waals surface area contributed by atoms with Crippen molar-refractivity contribution in [3.8, 4) is 0 Å². The van der Waals surface area contributed by atoms with Crippen LogP contribution in [-0.2, 0) is 6.54 Å². The SMILES string of the molecule is O=c1nc2n(c3ccccc13)CC/C2=C/c1ccccc1Cl. The fourth-order valence-electron chi connectivity index (χ4n) is 2.95. The molecule has 0 radical (unpaired) electrons. The first kappa shape index (κ1) is 13.3. The number of nitrogens with zero attached hydrogens (tertiary/aromatic N) is 2. The molecule has 0 fully saturated rings. The van der Waals surface area contributed by atoms with E-state index in [1.807, 2.05) is 54.6 Å². The average Bonchev–Trinajstić information content (AvgIpc) is 2.93. The van der Waals surface area contributed by atoms with Crippen LogP contribution in [0.4, 0.5) is 0 Å². The van der Waals surface area contributed by atoms with Gasteiger partial charge in [-0.05, 0) is 41.8 Å². The first-order valence-corrected chi connectivity index (χ1v) is 7.57. The second kappa shape index (κ2) is 5.11. The van der Waals surface area contributed by atoms with Crippen molar-refractivity contribution in [2.24, 2.45) is 0 Å². The van der Waals surface area contributed by atoms with Gasteiger partial charge in [-0.25, -0.2) is 0 Å². The largest absolute Gasteiger partial charge is 0.325 e. The highest BCUT2D eigenvalue weighted by Crippen LogP contribution is 2.30. The number of para-hydroxylation sites is 1. The molecular weight excluding hydrogens is 296 g/mol. The first-order valence-electron chi connectivity index (χ1n) is 7.19. The van der Waals surface area contributed by atoms with Gasteiger partial charge < -0.3 is 4.57 Å². The molecule has 22 heavy (non-hydrogen) atoms. The summed E-state index contributed by atoms with van der Waals surface area (Å²) in [6, 6.07) is 15.3. The molecule has 2 heterocycles. The predicted octanol–water partition coefficient (Wildman–Crippen LogP) is 3.99. The fraction of sp³-hybridized carbons (Fsp3) is 0.111. The van der Waals surface area contributed by atoms with Gasteiger partial charge in [-0.1, -0.05) is 41.9 Å². The van der Waals surface area contributed by atoms with E-state index in [0.29, 0.717) is 10.4 Å². The third-order valence-corrected chi connectivity index (χ3v) is 4.36. The molecule has 4 heteroatoms. The van der Waals surface area contributed by atoms with Crippen LogP contribution in [0.5, 0.6) is 0 Å². The van der Waals surface area contributed by atoms with Crippen LogP contribution in [0.25, 0.3) is 22.6 Å². The lowest BCUT2D eigenvalue weighted by molar-refractivity contribution is 0.772. The van der Waals surface area contributed by atoms with Crippen LogP contribution >= 0.6 is 11.6 Å². The summed E-state index contributed by atoms with van der Waals surface area (Å²) in [5.41, 5.74) is 2.78. The van der Waals surface area contributed by atoms with Gasteiger partial charge in [0.15, 0.2) is 0 Å². The summed E-state index contributed by atoms with van der Waals surface area (Å²) < 4.78 is 2.11. The topological polar surface area (TPSA) is 34.9 Å². The molecule has 0 bridgehead atoms. The van der Waals surface area contributed by atoms with E-state index in [2.05, 4.69) is 9.55 Å². The molecule has 2 aromatic carbocycles. The number of fused-ring (bicyclic) bond motifs is 3. The number of allylic oxidation sites excluding steroid dienone is 1. The molecule has 108 valence electrons. The van der Waals surface area contributed by atoms with Crippen LogP contribution in [0.1, 0.15) is 17.8 Å². The summed E-state index contributed by atoms with van der Waals surface area (Å²) in [4.78, 5) is 16.5. The second-order valence-electron chi connectivity index (χ2n) is 5.35. The van der Waals surface area contributed by atoms with Gasteiger partial charge in [-0.15, -0.1) is 0 Å². The second-order valence-corrected chi connectivity index (χ2v) is 5.76. The van der Waals surface area contributed by atoms with Gasteiger partial charge in [-0.3, -0.25) is 4.79 Å². The lowest BCUT2D eigenvalue weighted by Crippen LogP contribution is -2.14. The van der Waals surface area contributed by atoms with Crippen LogP contribution in [0.3, 0.4) is 0 Å². The van der Waals surface area contributed by atoms with Gasteiger partial charge >= 0.3 is 0 Å².